The molecule has 3 N–H and O–H groups in total. The van der Waals surface area contributed by atoms with Gasteiger partial charge in [-0.05, 0) is 30.4 Å². The first-order chi connectivity index (χ1) is 11.5. The van der Waals surface area contributed by atoms with Crippen molar-refractivity contribution in [1.82, 2.24) is 16.2 Å². The van der Waals surface area contributed by atoms with Gasteiger partial charge in [-0.25, -0.2) is 5.43 Å². The van der Waals surface area contributed by atoms with Crippen LogP contribution in [-0.4, -0.2) is 17.2 Å². The van der Waals surface area contributed by atoms with E-state index >= 15 is 0 Å². The fourth-order valence-electron chi connectivity index (χ4n) is 2.23. The summed E-state index contributed by atoms with van der Waals surface area (Å²) in [5, 5.41) is 3.88. The number of thiocarbonyl (C=S) groups is 1. The number of carbonyl (C=O) groups is 1. The Bertz CT molecular complexity index is 841. The molecule has 1 aliphatic rings. The lowest BCUT2D eigenvalue weighted by Crippen LogP contribution is -2.57. The van der Waals surface area contributed by atoms with Gasteiger partial charge >= 0.3 is 0 Å². The SMILES string of the molecule is O=C1NC(=S)NNC1c1ccccc1N=Cc1ccc(Cl)cc1Cl. The van der Waals surface area contributed by atoms with Crippen molar-refractivity contribution in [2.75, 3.05) is 0 Å². The summed E-state index contributed by atoms with van der Waals surface area (Å²) in [6, 6.07) is 11.9. The molecule has 1 saturated heterocycles. The largest absolute Gasteiger partial charge is 0.300 e. The number of hydrogen-bond acceptors (Lipinski definition) is 4. The average molecular weight is 379 g/mol. The maximum atomic E-state index is 12.1. The fraction of sp³-hybridized carbons (Fsp3) is 0.0625. The summed E-state index contributed by atoms with van der Waals surface area (Å²) in [6.45, 7) is 0. The lowest BCUT2D eigenvalue weighted by Gasteiger charge is -2.26. The highest BCUT2D eigenvalue weighted by atomic mass is 35.5. The van der Waals surface area contributed by atoms with Gasteiger partial charge in [-0.1, -0.05) is 47.5 Å². The molecule has 0 aliphatic carbocycles. The first-order valence-corrected chi connectivity index (χ1v) is 8.15. The van der Waals surface area contributed by atoms with Crippen LogP contribution < -0.4 is 16.2 Å². The third-order valence-corrected chi connectivity index (χ3v) is 4.15. The summed E-state index contributed by atoms with van der Waals surface area (Å²) in [6.07, 6.45) is 1.64. The van der Waals surface area contributed by atoms with Gasteiger partial charge in [0.2, 0.25) is 5.91 Å². The normalized spacial score (nSPS) is 17.7. The van der Waals surface area contributed by atoms with Gasteiger partial charge in [-0.15, -0.1) is 0 Å². The second-order valence-corrected chi connectivity index (χ2v) is 6.26. The zero-order valence-corrected chi connectivity index (χ0v) is 14.5. The Morgan fingerprint density at radius 1 is 1.17 bits per heavy atom. The molecule has 1 aliphatic heterocycles. The molecule has 0 aromatic heterocycles. The van der Waals surface area contributed by atoms with Crippen LogP contribution >= 0.6 is 35.4 Å². The zero-order valence-electron chi connectivity index (χ0n) is 12.2. The summed E-state index contributed by atoms with van der Waals surface area (Å²) in [7, 11) is 0. The summed E-state index contributed by atoms with van der Waals surface area (Å²) in [4.78, 5) is 16.6. The lowest BCUT2D eigenvalue weighted by atomic mass is 10.0. The predicted molar refractivity (Wildman–Crippen MR) is 99.9 cm³/mol. The summed E-state index contributed by atoms with van der Waals surface area (Å²) in [5.74, 6) is -0.245. The van der Waals surface area contributed by atoms with Gasteiger partial charge < -0.3 is 5.32 Å². The highest BCUT2D eigenvalue weighted by Crippen LogP contribution is 2.27. The number of benzene rings is 2. The number of nitrogens with one attached hydrogen (secondary N) is 3. The number of nitrogens with zero attached hydrogens (tertiary/aromatic N) is 1. The van der Waals surface area contributed by atoms with Gasteiger partial charge in [0.15, 0.2) is 5.11 Å². The van der Waals surface area contributed by atoms with Crippen LogP contribution in [0, 0.1) is 0 Å². The standard InChI is InChI=1S/C16H12Cl2N4OS/c17-10-6-5-9(12(18)7-10)8-19-13-4-2-1-3-11(13)14-15(23)20-16(24)22-21-14/h1-8,14,21H,(H2,20,22,23,24). The number of hydrazine groups is 1. The van der Waals surface area contributed by atoms with Gasteiger partial charge in [-0.3, -0.25) is 15.2 Å². The molecule has 8 heteroatoms. The Hall–Kier alpha value is -1.99. The molecule has 24 heavy (non-hydrogen) atoms. The number of para-hydroxylation sites is 1. The van der Waals surface area contributed by atoms with Crippen LogP contribution in [0.5, 0.6) is 0 Å². The van der Waals surface area contributed by atoms with Crippen LogP contribution in [0.15, 0.2) is 47.5 Å². The Kier molecular flexibility index (Phi) is 5.11. The van der Waals surface area contributed by atoms with Gasteiger partial charge in [0, 0.05) is 22.4 Å². The minimum absolute atomic E-state index is 0.241. The smallest absolute Gasteiger partial charge is 0.249 e. The van der Waals surface area contributed by atoms with Gasteiger partial charge in [-0.2, -0.15) is 0 Å². The van der Waals surface area contributed by atoms with E-state index in [0.717, 1.165) is 5.56 Å². The van der Waals surface area contributed by atoms with Gasteiger partial charge in [0.25, 0.3) is 0 Å². The minimum Gasteiger partial charge on any atom is -0.300 e. The van der Waals surface area contributed by atoms with Crippen molar-refractivity contribution >= 4 is 58.3 Å². The van der Waals surface area contributed by atoms with E-state index in [1.807, 2.05) is 24.3 Å². The third kappa shape index (κ3) is 3.73. The highest BCUT2D eigenvalue weighted by Gasteiger charge is 2.27. The Labute approximate surface area is 154 Å². The zero-order chi connectivity index (χ0) is 17.1. The van der Waals surface area contributed by atoms with Crippen molar-refractivity contribution in [3.8, 4) is 0 Å². The third-order valence-electron chi connectivity index (χ3n) is 3.38. The van der Waals surface area contributed by atoms with Gasteiger partial charge in [0.05, 0.1) is 10.7 Å². The molecule has 1 fully saturated rings. The monoisotopic (exact) mass is 378 g/mol. The van der Waals surface area contributed by atoms with Crippen LogP contribution in [0.4, 0.5) is 5.69 Å². The molecular formula is C16H12Cl2N4OS. The van der Waals surface area contributed by atoms with Gasteiger partial charge in [0.1, 0.15) is 6.04 Å². The number of amides is 1. The maximum absolute atomic E-state index is 12.1. The number of rotatable bonds is 3. The van der Waals surface area contributed by atoms with Crippen LogP contribution in [0.2, 0.25) is 10.0 Å². The topological polar surface area (TPSA) is 65.5 Å². The quantitative estimate of drug-likeness (QED) is 0.566. The molecule has 0 spiro atoms. The van der Waals surface area contributed by atoms with Crippen LogP contribution in [-0.2, 0) is 4.79 Å². The van der Waals surface area contributed by atoms with E-state index in [4.69, 9.17) is 35.4 Å². The van der Waals surface area contributed by atoms with E-state index in [9.17, 15) is 4.79 Å². The molecule has 0 saturated carbocycles. The lowest BCUT2D eigenvalue weighted by molar-refractivity contribution is -0.122. The summed E-state index contributed by atoms with van der Waals surface area (Å²) in [5.41, 5.74) is 7.70. The number of hydrogen-bond donors (Lipinski definition) is 3. The Morgan fingerprint density at radius 2 is 1.96 bits per heavy atom. The molecule has 2 aromatic carbocycles. The minimum atomic E-state index is -0.606. The molecule has 122 valence electrons. The number of aliphatic imine (C=N–C) groups is 1. The fourth-order valence-corrected chi connectivity index (χ4v) is 2.85. The Morgan fingerprint density at radius 3 is 2.71 bits per heavy atom. The molecule has 2 aromatic rings. The van der Waals surface area contributed by atoms with E-state index in [2.05, 4.69) is 21.2 Å². The molecule has 3 rings (SSSR count). The number of halogens is 2. The maximum Gasteiger partial charge on any atom is 0.249 e. The molecule has 0 radical (unpaired) electrons. The van der Waals surface area contributed by atoms with E-state index < -0.39 is 6.04 Å². The van der Waals surface area contributed by atoms with E-state index in [1.165, 1.54) is 0 Å². The van der Waals surface area contributed by atoms with E-state index in [1.54, 1.807) is 24.4 Å². The van der Waals surface area contributed by atoms with Crippen molar-refractivity contribution in [3.63, 3.8) is 0 Å². The second-order valence-electron chi connectivity index (χ2n) is 5.00. The molecule has 1 amide bonds. The second kappa shape index (κ2) is 7.27. The Balaban J connectivity index is 1.90. The van der Waals surface area contributed by atoms with E-state index in [0.29, 0.717) is 21.3 Å². The predicted octanol–water partition coefficient (Wildman–Crippen LogP) is 3.29. The highest BCUT2D eigenvalue weighted by molar-refractivity contribution is 7.80. The molecule has 0 bridgehead atoms. The molecular weight excluding hydrogens is 367 g/mol. The molecule has 5 nitrogen and oxygen atoms in total. The van der Waals surface area contributed by atoms with Crippen molar-refractivity contribution in [3.05, 3.63) is 63.6 Å². The van der Waals surface area contributed by atoms with Crippen molar-refractivity contribution < 1.29 is 4.79 Å². The van der Waals surface area contributed by atoms with Crippen LogP contribution in [0.3, 0.4) is 0 Å². The summed E-state index contributed by atoms with van der Waals surface area (Å²) < 4.78 is 0. The first-order valence-electron chi connectivity index (χ1n) is 6.99. The number of carbonyl (C=O) groups excluding carboxylic acids is 1. The van der Waals surface area contributed by atoms with Crippen LogP contribution in [0.25, 0.3) is 0 Å². The molecule has 1 unspecified atom stereocenters. The molecule has 1 heterocycles. The van der Waals surface area contributed by atoms with E-state index in [-0.39, 0.29) is 11.0 Å². The van der Waals surface area contributed by atoms with Crippen molar-refractivity contribution in [2.45, 2.75) is 6.04 Å². The molecule has 1 atom stereocenters. The summed E-state index contributed by atoms with van der Waals surface area (Å²) >= 11 is 16.9. The van der Waals surface area contributed by atoms with Crippen molar-refractivity contribution in [2.24, 2.45) is 4.99 Å². The van der Waals surface area contributed by atoms with Crippen molar-refractivity contribution in [1.29, 1.82) is 0 Å². The van der Waals surface area contributed by atoms with Crippen LogP contribution in [0.1, 0.15) is 17.2 Å². The first kappa shape index (κ1) is 16.9. The average Bonchev–Trinajstić information content (AvgIpc) is 2.55.